The number of rotatable bonds is 3. The zero-order valence-electron chi connectivity index (χ0n) is 9.75. The average molecular weight is 221 g/mol. The van der Waals surface area contributed by atoms with Crippen LogP contribution in [-0.2, 0) is 6.42 Å². The molecule has 2 rings (SSSR count). The van der Waals surface area contributed by atoms with Gasteiger partial charge in [0.2, 0.25) is 0 Å². The van der Waals surface area contributed by atoms with E-state index in [4.69, 9.17) is 0 Å². The van der Waals surface area contributed by atoms with Crippen LogP contribution in [0.5, 0.6) is 0 Å². The molecule has 1 aliphatic rings. The second-order valence-electron chi connectivity index (χ2n) is 4.58. The van der Waals surface area contributed by atoms with Gasteiger partial charge in [-0.25, -0.2) is 4.98 Å². The van der Waals surface area contributed by atoms with Crippen LogP contribution in [0.2, 0.25) is 0 Å². The number of nitrogens with zero attached hydrogens (tertiary/aromatic N) is 1. The molecule has 2 heterocycles. The van der Waals surface area contributed by atoms with Gasteiger partial charge in [-0.3, -0.25) is 4.79 Å². The molecular formula is C12H19N3O. The maximum atomic E-state index is 11.3. The van der Waals surface area contributed by atoms with Crippen molar-refractivity contribution in [2.75, 3.05) is 13.1 Å². The Morgan fingerprint density at radius 1 is 1.56 bits per heavy atom. The van der Waals surface area contributed by atoms with Gasteiger partial charge in [0.1, 0.15) is 5.82 Å². The number of H-pyrrole nitrogens is 1. The third-order valence-electron chi connectivity index (χ3n) is 3.11. The molecule has 0 radical (unpaired) electrons. The summed E-state index contributed by atoms with van der Waals surface area (Å²) >= 11 is 0. The molecule has 0 aliphatic carbocycles. The van der Waals surface area contributed by atoms with Crippen molar-refractivity contribution in [2.45, 2.75) is 32.6 Å². The Morgan fingerprint density at radius 3 is 3.12 bits per heavy atom. The Kier molecular flexibility index (Phi) is 3.72. The smallest absolute Gasteiger partial charge is 0.251 e. The van der Waals surface area contributed by atoms with Crippen molar-refractivity contribution in [2.24, 2.45) is 5.92 Å². The molecule has 1 atom stereocenters. The minimum absolute atomic E-state index is 0.0377. The van der Waals surface area contributed by atoms with E-state index in [1.54, 1.807) is 0 Å². The molecule has 0 aromatic carbocycles. The highest BCUT2D eigenvalue weighted by atomic mass is 16.1. The number of aromatic amines is 1. The SMILES string of the molecule is Cc1cc(=O)[nH]c(CCC2CCCNC2)n1. The van der Waals surface area contributed by atoms with Crippen molar-refractivity contribution in [1.29, 1.82) is 0 Å². The van der Waals surface area contributed by atoms with Crippen molar-refractivity contribution >= 4 is 0 Å². The zero-order valence-corrected chi connectivity index (χ0v) is 9.75. The average Bonchev–Trinajstić information content (AvgIpc) is 2.27. The van der Waals surface area contributed by atoms with Gasteiger partial charge >= 0.3 is 0 Å². The van der Waals surface area contributed by atoms with Crippen LogP contribution in [0.4, 0.5) is 0 Å². The first-order valence-corrected chi connectivity index (χ1v) is 6.01. The molecule has 0 saturated carbocycles. The number of piperidine rings is 1. The van der Waals surface area contributed by atoms with Crippen LogP contribution in [0.15, 0.2) is 10.9 Å². The van der Waals surface area contributed by atoms with Crippen molar-refractivity contribution in [3.63, 3.8) is 0 Å². The molecule has 88 valence electrons. The first kappa shape index (κ1) is 11.3. The molecule has 4 nitrogen and oxygen atoms in total. The van der Waals surface area contributed by atoms with E-state index < -0.39 is 0 Å². The van der Waals surface area contributed by atoms with Gasteiger partial charge in [0.05, 0.1) is 0 Å². The van der Waals surface area contributed by atoms with Gasteiger partial charge in [0, 0.05) is 18.2 Å². The molecule has 2 N–H and O–H groups in total. The van der Waals surface area contributed by atoms with Crippen LogP contribution in [-0.4, -0.2) is 23.1 Å². The largest absolute Gasteiger partial charge is 0.316 e. The van der Waals surface area contributed by atoms with E-state index in [1.807, 2.05) is 6.92 Å². The van der Waals surface area contributed by atoms with Crippen LogP contribution >= 0.6 is 0 Å². The van der Waals surface area contributed by atoms with Gasteiger partial charge in [0.25, 0.3) is 5.56 Å². The number of hydrogen-bond acceptors (Lipinski definition) is 3. The molecular weight excluding hydrogens is 202 g/mol. The fourth-order valence-corrected chi connectivity index (χ4v) is 2.27. The second-order valence-corrected chi connectivity index (χ2v) is 4.58. The van der Waals surface area contributed by atoms with Gasteiger partial charge in [-0.1, -0.05) is 0 Å². The number of nitrogens with one attached hydrogen (secondary N) is 2. The van der Waals surface area contributed by atoms with E-state index in [0.29, 0.717) is 0 Å². The fourth-order valence-electron chi connectivity index (χ4n) is 2.27. The number of aromatic nitrogens is 2. The van der Waals surface area contributed by atoms with E-state index in [1.165, 1.54) is 18.9 Å². The molecule has 4 heteroatoms. The van der Waals surface area contributed by atoms with Gasteiger partial charge in [0.15, 0.2) is 0 Å². The third kappa shape index (κ3) is 3.17. The van der Waals surface area contributed by atoms with Crippen molar-refractivity contribution in [1.82, 2.24) is 15.3 Å². The molecule has 0 spiro atoms. The molecule has 0 amide bonds. The van der Waals surface area contributed by atoms with Gasteiger partial charge in [-0.05, 0) is 45.2 Å². The van der Waals surface area contributed by atoms with Gasteiger partial charge < -0.3 is 10.3 Å². The molecule has 1 aromatic rings. The molecule has 1 fully saturated rings. The second kappa shape index (κ2) is 5.25. The number of hydrogen-bond donors (Lipinski definition) is 2. The van der Waals surface area contributed by atoms with Crippen LogP contribution in [0.3, 0.4) is 0 Å². The number of aryl methyl sites for hydroxylation is 2. The summed E-state index contributed by atoms with van der Waals surface area (Å²) in [6.07, 6.45) is 4.55. The Balaban J connectivity index is 1.90. The first-order valence-electron chi connectivity index (χ1n) is 6.01. The zero-order chi connectivity index (χ0) is 11.4. The Labute approximate surface area is 95.5 Å². The lowest BCUT2D eigenvalue weighted by Gasteiger charge is -2.22. The lowest BCUT2D eigenvalue weighted by atomic mass is 9.94. The topological polar surface area (TPSA) is 57.8 Å². The highest BCUT2D eigenvalue weighted by Gasteiger charge is 2.13. The van der Waals surface area contributed by atoms with Crippen LogP contribution in [0, 0.1) is 12.8 Å². The maximum absolute atomic E-state index is 11.3. The maximum Gasteiger partial charge on any atom is 0.251 e. The predicted molar refractivity (Wildman–Crippen MR) is 63.5 cm³/mol. The van der Waals surface area contributed by atoms with Crippen LogP contribution < -0.4 is 10.9 Å². The van der Waals surface area contributed by atoms with Gasteiger partial charge in [-0.2, -0.15) is 0 Å². The lowest BCUT2D eigenvalue weighted by molar-refractivity contribution is 0.356. The summed E-state index contributed by atoms with van der Waals surface area (Å²) in [5.74, 6) is 1.56. The van der Waals surface area contributed by atoms with E-state index in [9.17, 15) is 4.79 Å². The van der Waals surface area contributed by atoms with Crippen molar-refractivity contribution in [3.05, 3.63) is 27.9 Å². The Bertz CT molecular complexity index is 393. The summed E-state index contributed by atoms with van der Waals surface area (Å²) in [5.41, 5.74) is 0.768. The minimum atomic E-state index is -0.0377. The standard InChI is InChI=1S/C12H19N3O/c1-9-7-12(16)15-11(14-9)5-4-10-3-2-6-13-8-10/h7,10,13H,2-6,8H2,1H3,(H,14,15,16). The van der Waals surface area contributed by atoms with Crippen molar-refractivity contribution in [3.8, 4) is 0 Å². The summed E-state index contributed by atoms with van der Waals surface area (Å²) < 4.78 is 0. The summed E-state index contributed by atoms with van der Waals surface area (Å²) in [5, 5.41) is 3.40. The van der Waals surface area contributed by atoms with E-state index in [-0.39, 0.29) is 5.56 Å². The Hall–Kier alpha value is -1.16. The molecule has 1 saturated heterocycles. The molecule has 1 aromatic heterocycles. The van der Waals surface area contributed by atoms with Gasteiger partial charge in [-0.15, -0.1) is 0 Å². The minimum Gasteiger partial charge on any atom is -0.316 e. The monoisotopic (exact) mass is 221 g/mol. The first-order chi connectivity index (χ1) is 7.74. The molecule has 16 heavy (non-hydrogen) atoms. The van der Waals surface area contributed by atoms with E-state index >= 15 is 0 Å². The summed E-state index contributed by atoms with van der Waals surface area (Å²) in [4.78, 5) is 18.4. The molecule has 1 aliphatic heterocycles. The highest BCUT2D eigenvalue weighted by molar-refractivity contribution is 5.00. The summed E-state index contributed by atoms with van der Waals surface area (Å²) in [7, 11) is 0. The van der Waals surface area contributed by atoms with E-state index in [2.05, 4.69) is 15.3 Å². The van der Waals surface area contributed by atoms with E-state index in [0.717, 1.165) is 43.4 Å². The Morgan fingerprint density at radius 2 is 2.44 bits per heavy atom. The third-order valence-corrected chi connectivity index (χ3v) is 3.11. The molecule has 1 unspecified atom stereocenters. The summed E-state index contributed by atoms with van der Waals surface area (Å²) in [6.45, 7) is 4.12. The normalized spacial score (nSPS) is 20.9. The quantitative estimate of drug-likeness (QED) is 0.801. The van der Waals surface area contributed by atoms with Crippen molar-refractivity contribution < 1.29 is 0 Å². The van der Waals surface area contributed by atoms with Crippen LogP contribution in [0.25, 0.3) is 0 Å². The molecule has 0 bridgehead atoms. The van der Waals surface area contributed by atoms with Crippen LogP contribution in [0.1, 0.15) is 30.8 Å². The fraction of sp³-hybridized carbons (Fsp3) is 0.667. The lowest BCUT2D eigenvalue weighted by Crippen LogP contribution is -2.30. The predicted octanol–water partition coefficient (Wildman–Crippen LogP) is 1.01. The highest BCUT2D eigenvalue weighted by Crippen LogP contribution is 2.15. The summed E-state index contributed by atoms with van der Waals surface area (Å²) in [6, 6.07) is 1.53.